The summed E-state index contributed by atoms with van der Waals surface area (Å²) in [5.74, 6) is -1.26. The molecular formula is C21H22FNO3. The van der Waals surface area contributed by atoms with Gasteiger partial charge in [-0.1, -0.05) is 36.4 Å². The molecule has 4 nitrogen and oxygen atoms in total. The minimum absolute atomic E-state index is 0.0416. The van der Waals surface area contributed by atoms with Gasteiger partial charge in [0.1, 0.15) is 5.82 Å². The molecule has 1 aliphatic rings. The van der Waals surface area contributed by atoms with E-state index in [1.54, 1.807) is 12.1 Å². The van der Waals surface area contributed by atoms with Crippen molar-refractivity contribution in [3.05, 3.63) is 71.0 Å². The molecule has 136 valence electrons. The first-order valence-electron chi connectivity index (χ1n) is 8.79. The van der Waals surface area contributed by atoms with Crippen molar-refractivity contribution in [2.75, 3.05) is 7.11 Å². The average Bonchev–Trinajstić information content (AvgIpc) is 2.66. The van der Waals surface area contributed by atoms with E-state index in [-0.39, 0.29) is 18.2 Å². The maximum absolute atomic E-state index is 13.6. The Bertz CT molecular complexity index is 805. The van der Waals surface area contributed by atoms with Crippen LogP contribution in [0.1, 0.15) is 47.9 Å². The number of carbonyl (C=O) groups excluding carboxylic acids is 2. The summed E-state index contributed by atoms with van der Waals surface area (Å²) in [7, 11) is 1.30. The van der Waals surface area contributed by atoms with Crippen LogP contribution in [0.15, 0.2) is 48.5 Å². The molecule has 1 amide bonds. The van der Waals surface area contributed by atoms with Crippen LogP contribution in [0.25, 0.3) is 0 Å². The fourth-order valence-corrected chi connectivity index (χ4v) is 3.52. The molecule has 2 atom stereocenters. The van der Waals surface area contributed by atoms with E-state index in [2.05, 4.69) is 5.32 Å². The molecule has 2 aromatic carbocycles. The maximum atomic E-state index is 13.6. The Kier molecular flexibility index (Phi) is 5.66. The first-order valence-corrected chi connectivity index (χ1v) is 8.79. The van der Waals surface area contributed by atoms with Crippen LogP contribution in [0.5, 0.6) is 0 Å². The standard InChI is InChI=1S/C21H22FNO3/c1-26-20(24)13-19(15-8-4-9-16(22)12-15)23-21(25)18-11-5-7-14-6-2-3-10-17(14)18/h2-4,6,8-10,12,18-19H,5,7,11,13H2,1H3,(H,23,25)/t18-,19?/m0/s1. The summed E-state index contributed by atoms with van der Waals surface area (Å²) < 4.78 is 18.3. The second kappa shape index (κ2) is 8.13. The lowest BCUT2D eigenvalue weighted by molar-refractivity contribution is -0.141. The number of benzene rings is 2. The first-order chi connectivity index (χ1) is 12.6. The van der Waals surface area contributed by atoms with Gasteiger partial charge in [-0.3, -0.25) is 9.59 Å². The largest absolute Gasteiger partial charge is 0.469 e. The molecule has 0 aliphatic heterocycles. The van der Waals surface area contributed by atoms with E-state index >= 15 is 0 Å². The van der Waals surface area contributed by atoms with Crippen LogP contribution < -0.4 is 5.32 Å². The Morgan fingerprint density at radius 2 is 2.04 bits per heavy atom. The number of hydrogen-bond donors (Lipinski definition) is 1. The summed E-state index contributed by atoms with van der Waals surface area (Å²) in [5, 5.41) is 2.93. The smallest absolute Gasteiger partial charge is 0.307 e. The van der Waals surface area contributed by atoms with Crippen molar-refractivity contribution in [2.24, 2.45) is 0 Å². The summed E-state index contributed by atoms with van der Waals surface area (Å²) >= 11 is 0. The number of halogens is 1. The number of methoxy groups -OCH3 is 1. The molecule has 3 rings (SSSR count). The molecule has 0 spiro atoms. The topological polar surface area (TPSA) is 55.4 Å². The second-order valence-electron chi connectivity index (χ2n) is 6.54. The van der Waals surface area contributed by atoms with Gasteiger partial charge in [-0.05, 0) is 48.1 Å². The van der Waals surface area contributed by atoms with Gasteiger partial charge in [-0.25, -0.2) is 4.39 Å². The van der Waals surface area contributed by atoms with Crippen molar-refractivity contribution in [1.29, 1.82) is 0 Å². The minimum atomic E-state index is -0.625. The molecule has 0 saturated carbocycles. The zero-order valence-corrected chi connectivity index (χ0v) is 14.7. The summed E-state index contributed by atoms with van der Waals surface area (Å²) in [5.41, 5.74) is 2.77. The number of nitrogens with one attached hydrogen (secondary N) is 1. The molecule has 1 N–H and O–H groups in total. The highest BCUT2D eigenvalue weighted by atomic mass is 19.1. The number of hydrogen-bond acceptors (Lipinski definition) is 3. The van der Waals surface area contributed by atoms with Gasteiger partial charge < -0.3 is 10.1 Å². The Morgan fingerprint density at radius 3 is 2.81 bits per heavy atom. The quantitative estimate of drug-likeness (QED) is 0.833. The molecule has 1 aliphatic carbocycles. The van der Waals surface area contributed by atoms with Crippen LogP contribution in [-0.2, 0) is 20.7 Å². The monoisotopic (exact) mass is 355 g/mol. The van der Waals surface area contributed by atoms with Gasteiger partial charge >= 0.3 is 5.97 Å². The van der Waals surface area contributed by atoms with E-state index in [0.717, 1.165) is 24.8 Å². The van der Waals surface area contributed by atoms with E-state index in [9.17, 15) is 14.0 Å². The number of esters is 1. The number of fused-ring (bicyclic) bond motifs is 1. The summed E-state index contributed by atoms with van der Waals surface area (Å²) in [6.07, 6.45) is 2.63. The molecule has 0 radical (unpaired) electrons. The third-order valence-electron chi connectivity index (χ3n) is 4.85. The molecule has 0 bridgehead atoms. The third kappa shape index (κ3) is 4.10. The number of amides is 1. The van der Waals surface area contributed by atoms with Crippen LogP contribution in [0.2, 0.25) is 0 Å². The molecule has 5 heteroatoms. The average molecular weight is 355 g/mol. The van der Waals surface area contributed by atoms with E-state index in [1.165, 1.54) is 24.8 Å². The summed E-state index contributed by atoms with van der Waals surface area (Å²) in [4.78, 5) is 24.7. The molecule has 26 heavy (non-hydrogen) atoms. The van der Waals surface area contributed by atoms with Crippen LogP contribution in [0, 0.1) is 5.82 Å². The van der Waals surface area contributed by atoms with Gasteiger partial charge in [0.05, 0.1) is 25.5 Å². The second-order valence-corrected chi connectivity index (χ2v) is 6.54. The van der Waals surface area contributed by atoms with E-state index in [0.29, 0.717) is 5.56 Å². The Hall–Kier alpha value is -2.69. The van der Waals surface area contributed by atoms with Crippen molar-refractivity contribution < 1.29 is 18.7 Å². The van der Waals surface area contributed by atoms with Gasteiger partial charge in [0, 0.05) is 0 Å². The summed E-state index contributed by atoms with van der Waals surface area (Å²) in [6, 6.07) is 13.3. The van der Waals surface area contributed by atoms with E-state index in [1.807, 2.05) is 24.3 Å². The third-order valence-corrected chi connectivity index (χ3v) is 4.85. The van der Waals surface area contributed by atoms with Gasteiger partial charge in [0.15, 0.2) is 0 Å². The van der Waals surface area contributed by atoms with Crippen molar-refractivity contribution in [3.63, 3.8) is 0 Å². The lowest BCUT2D eigenvalue weighted by atomic mass is 9.82. The Labute approximate surface area is 152 Å². The highest BCUT2D eigenvalue weighted by Gasteiger charge is 2.29. The minimum Gasteiger partial charge on any atom is -0.469 e. The maximum Gasteiger partial charge on any atom is 0.307 e. The normalized spacial score (nSPS) is 17.1. The molecule has 0 fully saturated rings. The lowest BCUT2D eigenvalue weighted by Crippen LogP contribution is -2.35. The van der Waals surface area contributed by atoms with Gasteiger partial charge in [-0.2, -0.15) is 0 Å². The van der Waals surface area contributed by atoms with Crippen LogP contribution in [0.4, 0.5) is 4.39 Å². The number of aryl methyl sites for hydroxylation is 1. The summed E-state index contributed by atoms with van der Waals surface area (Å²) in [6.45, 7) is 0. The number of ether oxygens (including phenoxy) is 1. The highest BCUT2D eigenvalue weighted by molar-refractivity contribution is 5.85. The predicted molar refractivity (Wildman–Crippen MR) is 96.0 cm³/mol. The molecular weight excluding hydrogens is 333 g/mol. The van der Waals surface area contributed by atoms with Crippen molar-refractivity contribution >= 4 is 11.9 Å². The van der Waals surface area contributed by atoms with Crippen LogP contribution in [-0.4, -0.2) is 19.0 Å². The lowest BCUT2D eigenvalue weighted by Gasteiger charge is -2.27. The fraction of sp³-hybridized carbons (Fsp3) is 0.333. The van der Waals surface area contributed by atoms with Crippen molar-refractivity contribution in [2.45, 2.75) is 37.6 Å². The van der Waals surface area contributed by atoms with Crippen LogP contribution >= 0.6 is 0 Å². The Balaban J connectivity index is 1.83. The number of carbonyl (C=O) groups is 2. The predicted octanol–water partition coefficient (Wildman–Crippen LogP) is 3.67. The number of rotatable bonds is 5. The van der Waals surface area contributed by atoms with E-state index in [4.69, 9.17) is 4.74 Å². The van der Waals surface area contributed by atoms with Crippen molar-refractivity contribution in [1.82, 2.24) is 5.32 Å². The molecule has 0 saturated heterocycles. The molecule has 2 aromatic rings. The molecule has 0 heterocycles. The Morgan fingerprint density at radius 1 is 1.23 bits per heavy atom. The highest BCUT2D eigenvalue weighted by Crippen LogP contribution is 2.32. The molecule has 1 unspecified atom stereocenters. The zero-order chi connectivity index (χ0) is 18.5. The first kappa shape index (κ1) is 18.1. The fourth-order valence-electron chi connectivity index (χ4n) is 3.52. The van der Waals surface area contributed by atoms with Crippen LogP contribution in [0.3, 0.4) is 0 Å². The van der Waals surface area contributed by atoms with Gasteiger partial charge in [0.2, 0.25) is 5.91 Å². The van der Waals surface area contributed by atoms with E-state index < -0.39 is 17.8 Å². The molecule has 0 aromatic heterocycles. The zero-order valence-electron chi connectivity index (χ0n) is 14.7. The van der Waals surface area contributed by atoms with Gasteiger partial charge in [-0.15, -0.1) is 0 Å². The van der Waals surface area contributed by atoms with Crippen molar-refractivity contribution in [3.8, 4) is 0 Å². The van der Waals surface area contributed by atoms with Gasteiger partial charge in [0.25, 0.3) is 0 Å². The SMILES string of the molecule is COC(=O)CC(NC(=O)[C@H]1CCCc2ccccc21)c1cccc(F)c1.